The molecule has 0 radical (unpaired) electrons. The summed E-state index contributed by atoms with van der Waals surface area (Å²) in [6.45, 7) is 4.13. The van der Waals surface area contributed by atoms with E-state index in [4.69, 9.17) is 9.40 Å². The summed E-state index contributed by atoms with van der Waals surface area (Å²) in [6.07, 6.45) is 1.71. The van der Waals surface area contributed by atoms with Gasteiger partial charge >= 0.3 is 0 Å². The average molecular weight is 334 g/mol. The zero-order valence-corrected chi connectivity index (χ0v) is 13.0. The van der Waals surface area contributed by atoms with Crippen LogP contribution in [-0.2, 0) is 0 Å². The highest BCUT2D eigenvalue weighted by Crippen LogP contribution is 2.35. The minimum absolute atomic E-state index is 0.872. The van der Waals surface area contributed by atoms with Crippen LogP contribution in [0.15, 0.2) is 45.5 Å². The van der Waals surface area contributed by atoms with Gasteiger partial charge in [-0.3, -0.25) is 0 Å². The highest BCUT2D eigenvalue weighted by Gasteiger charge is 2.14. The fraction of sp³-hybridized carbons (Fsp3) is 0.133. The van der Waals surface area contributed by atoms with Crippen molar-refractivity contribution in [2.24, 2.45) is 0 Å². The quantitative estimate of drug-likeness (QED) is 0.623. The summed E-state index contributed by atoms with van der Waals surface area (Å²) < 4.78 is 6.59. The van der Waals surface area contributed by atoms with Crippen molar-refractivity contribution in [3.8, 4) is 22.0 Å². The Morgan fingerprint density at radius 3 is 2.47 bits per heavy atom. The van der Waals surface area contributed by atoms with Gasteiger partial charge in [0, 0.05) is 14.9 Å². The molecule has 4 heteroatoms. The summed E-state index contributed by atoms with van der Waals surface area (Å²) in [5.41, 5.74) is 3.28. The lowest BCUT2D eigenvalue weighted by Crippen LogP contribution is -1.81. The van der Waals surface area contributed by atoms with Crippen LogP contribution in [0.2, 0.25) is 0 Å². The number of benzene rings is 1. The molecule has 0 aliphatic heterocycles. The van der Waals surface area contributed by atoms with E-state index in [9.17, 15) is 0 Å². The van der Waals surface area contributed by atoms with E-state index >= 15 is 0 Å². The van der Waals surface area contributed by atoms with Gasteiger partial charge in [-0.1, -0.05) is 28.1 Å². The first kappa shape index (κ1) is 12.6. The summed E-state index contributed by atoms with van der Waals surface area (Å²) >= 11 is 5.12. The van der Waals surface area contributed by atoms with E-state index < -0.39 is 0 Å². The largest absolute Gasteiger partial charge is 0.462 e. The third-order valence-electron chi connectivity index (χ3n) is 2.97. The topological polar surface area (TPSA) is 26.0 Å². The van der Waals surface area contributed by atoms with Gasteiger partial charge in [-0.25, -0.2) is 4.98 Å². The monoisotopic (exact) mass is 333 g/mol. The number of furan rings is 1. The number of aryl methyl sites for hydroxylation is 2. The third-order valence-corrected chi connectivity index (χ3v) is 4.47. The van der Waals surface area contributed by atoms with Gasteiger partial charge < -0.3 is 4.42 Å². The van der Waals surface area contributed by atoms with Gasteiger partial charge in [0.2, 0.25) is 0 Å². The molecule has 3 aromatic rings. The molecule has 1 aromatic carbocycles. The molecule has 3 rings (SSSR count). The van der Waals surface area contributed by atoms with E-state index in [-0.39, 0.29) is 0 Å². The summed E-state index contributed by atoms with van der Waals surface area (Å²) in [7, 11) is 0. The second kappa shape index (κ2) is 4.94. The predicted octanol–water partition coefficient (Wildman–Crippen LogP) is 5.45. The number of aromatic nitrogens is 1. The van der Waals surface area contributed by atoms with Crippen molar-refractivity contribution in [1.29, 1.82) is 0 Å². The van der Waals surface area contributed by atoms with Crippen molar-refractivity contribution in [1.82, 2.24) is 4.98 Å². The van der Waals surface area contributed by atoms with E-state index in [2.05, 4.69) is 35.0 Å². The molecule has 0 fully saturated rings. The van der Waals surface area contributed by atoms with Crippen molar-refractivity contribution in [3.63, 3.8) is 0 Å². The van der Waals surface area contributed by atoms with Crippen LogP contribution in [0, 0.1) is 13.8 Å². The molecule has 0 amide bonds. The maximum absolute atomic E-state index is 5.51. The van der Waals surface area contributed by atoms with Crippen LogP contribution in [0.3, 0.4) is 0 Å². The van der Waals surface area contributed by atoms with Gasteiger partial charge in [-0.15, -0.1) is 11.3 Å². The van der Waals surface area contributed by atoms with Crippen LogP contribution in [0.1, 0.15) is 10.4 Å². The Balaban J connectivity index is 2.07. The van der Waals surface area contributed by atoms with E-state index in [1.165, 1.54) is 4.88 Å². The Kier molecular flexibility index (Phi) is 3.29. The number of rotatable bonds is 2. The first-order valence-corrected chi connectivity index (χ1v) is 7.54. The number of thiazole rings is 1. The lowest BCUT2D eigenvalue weighted by Gasteiger charge is -1.98. The maximum Gasteiger partial charge on any atom is 0.165 e. The Labute approximate surface area is 124 Å². The number of nitrogens with zero attached hydrogens (tertiary/aromatic N) is 1. The number of hydrogen-bond acceptors (Lipinski definition) is 3. The van der Waals surface area contributed by atoms with Crippen LogP contribution in [0.5, 0.6) is 0 Å². The summed E-state index contributed by atoms with van der Waals surface area (Å²) in [4.78, 5) is 5.92. The average Bonchev–Trinajstić information content (AvgIpc) is 2.96. The molecule has 2 nitrogen and oxygen atoms in total. The zero-order chi connectivity index (χ0) is 13.4. The Morgan fingerprint density at radius 2 is 1.84 bits per heavy atom. The van der Waals surface area contributed by atoms with E-state index in [0.29, 0.717) is 0 Å². The van der Waals surface area contributed by atoms with Crippen molar-refractivity contribution in [2.45, 2.75) is 13.8 Å². The fourth-order valence-corrected chi connectivity index (χ4v) is 3.21. The first-order valence-electron chi connectivity index (χ1n) is 5.93. The minimum atomic E-state index is 0.872. The first-order chi connectivity index (χ1) is 9.15. The lowest BCUT2D eigenvalue weighted by atomic mass is 10.1. The Bertz CT molecular complexity index is 712. The molecule has 0 saturated carbocycles. The number of halogens is 1. The van der Waals surface area contributed by atoms with E-state index in [1.807, 2.05) is 25.1 Å². The second-order valence-electron chi connectivity index (χ2n) is 4.36. The minimum Gasteiger partial charge on any atom is -0.462 e. The van der Waals surface area contributed by atoms with Gasteiger partial charge in [-0.05, 0) is 37.6 Å². The van der Waals surface area contributed by atoms with Crippen LogP contribution in [0.4, 0.5) is 0 Å². The van der Waals surface area contributed by atoms with Crippen molar-refractivity contribution >= 4 is 27.3 Å². The van der Waals surface area contributed by atoms with E-state index in [0.717, 1.165) is 32.1 Å². The third kappa shape index (κ3) is 2.38. The molecule has 0 aliphatic rings. The predicted molar refractivity (Wildman–Crippen MR) is 82.4 cm³/mol. The summed E-state index contributed by atoms with van der Waals surface area (Å²) in [5, 5.41) is 0.943. The van der Waals surface area contributed by atoms with Crippen LogP contribution >= 0.6 is 27.3 Å². The maximum atomic E-state index is 5.51. The van der Waals surface area contributed by atoms with Gasteiger partial charge in [0.05, 0.1) is 12.0 Å². The molecule has 2 aromatic heterocycles. The number of hydrogen-bond donors (Lipinski definition) is 0. The van der Waals surface area contributed by atoms with Gasteiger partial charge in [0.15, 0.2) is 10.8 Å². The molecule has 0 atom stereocenters. The van der Waals surface area contributed by atoms with Crippen LogP contribution in [-0.4, -0.2) is 4.98 Å². The highest BCUT2D eigenvalue weighted by atomic mass is 79.9. The van der Waals surface area contributed by atoms with E-state index in [1.54, 1.807) is 17.6 Å². The molecule has 0 aliphatic carbocycles. The van der Waals surface area contributed by atoms with Gasteiger partial charge in [-0.2, -0.15) is 0 Å². The molecule has 2 heterocycles. The fourth-order valence-electron chi connectivity index (χ4n) is 1.96. The second-order valence-corrected chi connectivity index (χ2v) is 6.48. The highest BCUT2D eigenvalue weighted by molar-refractivity contribution is 9.10. The SMILES string of the molecule is Cc1ccoc1-c1nc(-c2ccc(Br)cc2)c(C)s1. The lowest BCUT2D eigenvalue weighted by molar-refractivity contribution is 0.580. The molecule has 0 unspecified atom stereocenters. The molecule has 19 heavy (non-hydrogen) atoms. The Morgan fingerprint density at radius 1 is 1.11 bits per heavy atom. The zero-order valence-electron chi connectivity index (χ0n) is 10.6. The molecule has 0 saturated heterocycles. The molecule has 96 valence electrons. The van der Waals surface area contributed by atoms with Crippen molar-refractivity contribution < 1.29 is 4.42 Å². The standard InChI is InChI=1S/C15H12BrNOS/c1-9-7-8-18-14(9)15-17-13(10(2)19-15)11-3-5-12(16)6-4-11/h3-8H,1-2H3. The molecule has 0 N–H and O–H groups in total. The molecular formula is C15H12BrNOS. The molecule has 0 bridgehead atoms. The van der Waals surface area contributed by atoms with Gasteiger partial charge in [0.25, 0.3) is 0 Å². The smallest absolute Gasteiger partial charge is 0.165 e. The summed E-state index contributed by atoms with van der Waals surface area (Å²) in [6, 6.07) is 10.2. The van der Waals surface area contributed by atoms with Crippen LogP contribution < -0.4 is 0 Å². The Hall–Kier alpha value is -1.39. The summed E-state index contributed by atoms with van der Waals surface area (Å²) in [5.74, 6) is 0.872. The van der Waals surface area contributed by atoms with Gasteiger partial charge in [0.1, 0.15) is 0 Å². The molecular weight excluding hydrogens is 322 g/mol. The van der Waals surface area contributed by atoms with Crippen LogP contribution in [0.25, 0.3) is 22.0 Å². The normalized spacial score (nSPS) is 10.9. The van der Waals surface area contributed by atoms with Crippen molar-refractivity contribution in [2.75, 3.05) is 0 Å². The van der Waals surface area contributed by atoms with Crippen molar-refractivity contribution in [3.05, 3.63) is 51.5 Å². The molecule has 0 spiro atoms.